The van der Waals surface area contributed by atoms with Crippen molar-refractivity contribution >= 4 is 5.91 Å². The smallest absolute Gasteiger partial charge is 0.226 e. The Labute approximate surface area is 136 Å². The van der Waals surface area contributed by atoms with Gasteiger partial charge in [0.15, 0.2) is 11.5 Å². The fourth-order valence-electron chi connectivity index (χ4n) is 3.91. The van der Waals surface area contributed by atoms with Gasteiger partial charge in [-0.2, -0.15) is 0 Å². The van der Waals surface area contributed by atoms with Gasteiger partial charge in [0.05, 0.1) is 0 Å². The minimum absolute atomic E-state index is 0.148. The highest BCUT2D eigenvalue weighted by Gasteiger charge is 2.47. The highest BCUT2D eigenvalue weighted by Crippen LogP contribution is 2.50. The third-order valence-corrected chi connectivity index (χ3v) is 5.20. The quantitative estimate of drug-likeness (QED) is 0.920. The fourth-order valence-corrected chi connectivity index (χ4v) is 3.91. The van der Waals surface area contributed by atoms with Crippen LogP contribution in [-0.2, 0) is 4.79 Å². The van der Waals surface area contributed by atoms with Gasteiger partial charge < -0.3 is 19.7 Å². The van der Waals surface area contributed by atoms with Crippen LogP contribution in [0.15, 0.2) is 18.2 Å². The summed E-state index contributed by atoms with van der Waals surface area (Å²) in [5.74, 6) is 2.46. The lowest BCUT2D eigenvalue weighted by atomic mass is 10.1. The lowest BCUT2D eigenvalue weighted by molar-refractivity contribution is -0.133. The predicted molar refractivity (Wildman–Crippen MR) is 86.9 cm³/mol. The van der Waals surface area contributed by atoms with Crippen LogP contribution in [0, 0.1) is 5.92 Å². The summed E-state index contributed by atoms with van der Waals surface area (Å²) in [7, 11) is 1.95. The highest BCUT2D eigenvalue weighted by molar-refractivity contribution is 5.83. The number of amides is 1. The molecule has 4 rings (SSSR count). The number of likely N-dealkylation sites (N-methyl/N-ethyl adjacent to an activating group) is 1. The topological polar surface area (TPSA) is 50.8 Å². The molecule has 0 radical (unpaired) electrons. The van der Waals surface area contributed by atoms with E-state index in [-0.39, 0.29) is 5.92 Å². The van der Waals surface area contributed by atoms with Crippen molar-refractivity contribution in [3.63, 3.8) is 0 Å². The average molecular weight is 316 g/mol. The third-order valence-electron chi connectivity index (χ3n) is 5.20. The number of fused-ring (bicyclic) bond motifs is 1. The first-order valence-corrected chi connectivity index (χ1v) is 8.62. The average Bonchev–Trinajstić information content (AvgIpc) is 3.26. The summed E-state index contributed by atoms with van der Waals surface area (Å²) in [5, 5.41) is 3.21. The molecule has 3 aliphatic rings. The zero-order valence-corrected chi connectivity index (χ0v) is 13.6. The van der Waals surface area contributed by atoms with Gasteiger partial charge in [0.2, 0.25) is 5.91 Å². The molecule has 0 aromatic heterocycles. The molecule has 1 amide bonds. The van der Waals surface area contributed by atoms with Gasteiger partial charge in [-0.15, -0.1) is 0 Å². The molecule has 1 N–H and O–H groups in total. The summed E-state index contributed by atoms with van der Waals surface area (Å²) in [6.07, 6.45) is 3.20. The van der Waals surface area contributed by atoms with Crippen LogP contribution in [0.2, 0.25) is 0 Å². The first-order chi connectivity index (χ1) is 11.3. The molecule has 1 saturated heterocycles. The Morgan fingerprint density at radius 2 is 2.13 bits per heavy atom. The third kappa shape index (κ3) is 2.78. The molecule has 0 spiro atoms. The second-order valence-electron chi connectivity index (χ2n) is 6.74. The maximum Gasteiger partial charge on any atom is 0.226 e. The lowest BCUT2D eigenvalue weighted by Crippen LogP contribution is -2.41. The standard InChI is InChI=1S/C18H24N2O3/c1-19-11-13-3-2-6-20(13)18(21)15-10-14(15)12-4-5-16-17(9-12)23-8-7-22-16/h4-5,9,13-15,19H,2-3,6-8,10-11H2,1H3. The summed E-state index contributed by atoms with van der Waals surface area (Å²) in [6.45, 7) is 3.02. The molecular formula is C18H24N2O3. The molecule has 3 atom stereocenters. The van der Waals surface area contributed by atoms with Gasteiger partial charge in [0.1, 0.15) is 13.2 Å². The van der Waals surface area contributed by atoms with Crippen LogP contribution < -0.4 is 14.8 Å². The Hall–Kier alpha value is -1.75. The highest BCUT2D eigenvalue weighted by atomic mass is 16.6. The van der Waals surface area contributed by atoms with E-state index < -0.39 is 0 Å². The molecule has 1 aromatic rings. The van der Waals surface area contributed by atoms with Gasteiger partial charge in [-0.05, 0) is 49.9 Å². The molecular weight excluding hydrogens is 292 g/mol. The maximum atomic E-state index is 12.8. The van der Waals surface area contributed by atoms with Crippen LogP contribution in [0.4, 0.5) is 0 Å². The van der Waals surface area contributed by atoms with Gasteiger partial charge in [0, 0.05) is 25.0 Å². The monoisotopic (exact) mass is 316 g/mol. The van der Waals surface area contributed by atoms with Gasteiger partial charge in [-0.1, -0.05) is 6.07 Å². The van der Waals surface area contributed by atoms with Crippen molar-refractivity contribution in [1.29, 1.82) is 0 Å². The summed E-state index contributed by atoms with van der Waals surface area (Å²) in [4.78, 5) is 14.9. The van der Waals surface area contributed by atoms with E-state index in [1.807, 2.05) is 13.1 Å². The van der Waals surface area contributed by atoms with Crippen molar-refractivity contribution in [2.24, 2.45) is 5.92 Å². The molecule has 5 heteroatoms. The largest absolute Gasteiger partial charge is 0.486 e. The summed E-state index contributed by atoms with van der Waals surface area (Å²) in [5.41, 5.74) is 1.21. The van der Waals surface area contributed by atoms with Crippen LogP contribution in [0.25, 0.3) is 0 Å². The van der Waals surface area contributed by atoms with Crippen LogP contribution in [0.3, 0.4) is 0 Å². The molecule has 2 aliphatic heterocycles. The Balaban J connectivity index is 1.44. The second kappa shape index (κ2) is 6.04. The molecule has 124 valence electrons. The molecule has 3 unspecified atom stereocenters. The predicted octanol–water partition coefficient (Wildman–Crippen LogP) is 1.77. The number of carbonyl (C=O) groups excluding carboxylic acids is 1. The SMILES string of the molecule is CNCC1CCCN1C(=O)C1CC1c1ccc2c(c1)OCCO2. The van der Waals surface area contributed by atoms with E-state index >= 15 is 0 Å². The first kappa shape index (κ1) is 14.8. The van der Waals surface area contributed by atoms with E-state index in [0.29, 0.717) is 31.1 Å². The summed E-state index contributed by atoms with van der Waals surface area (Å²) in [6, 6.07) is 6.49. The molecule has 2 heterocycles. The van der Waals surface area contributed by atoms with E-state index in [1.165, 1.54) is 5.56 Å². The summed E-state index contributed by atoms with van der Waals surface area (Å²) >= 11 is 0. The number of benzene rings is 1. The lowest BCUT2D eigenvalue weighted by Gasteiger charge is -2.25. The van der Waals surface area contributed by atoms with Crippen molar-refractivity contribution in [1.82, 2.24) is 10.2 Å². The zero-order valence-electron chi connectivity index (χ0n) is 13.6. The van der Waals surface area contributed by atoms with Crippen molar-refractivity contribution in [3.8, 4) is 11.5 Å². The number of carbonyl (C=O) groups is 1. The van der Waals surface area contributed by atoms with Crippen LogP contribution in [0.5, 0.6) is 11.5 Å². The van der Waals surface area contributed by atoms with E-state index in [4.69, 9.17) is 9.47 Å². The van der Waals surface area contributed by atoms with Crippen molar-refractivity contribution in [3.05, 3.63) is 23.8 Å². The van der Waals surface area contributed by atoms with Crippen LogP contribution in [0.1, 0.15) is 30.7 Å². The van der Waals surface area contributed by atoms with Crippen LogP contribution >= 0.6 is 0 Å². The molecule has 1 aromatic carbocycles. The van der Waals surface area contributed by atoms with Gasteiger partial charge in [-0.3, -0.25) is 4.79 Å². The van der Waals surface area contributed by atoms with E-state index in [1.54, 1.807) is 0 Å². The Kier molecular flexibility index (Phi) is 3.89. The van der Waals surface area contributed by atoms with Crippen LogP contribution in [-0.4, -0.2) is 50.2 Å². The molecule has 5 nitrogen and oxygen atoms in total. The van der Waals surface area contributed by atoms with E-state index in [2.05, 4.69) is 22.3 Å². The number of ether oxygens (including phenoxy) is 2. The number of hydrogen-bond acceptors (Lipinski definition) is 4. The Morgan fingerprint density at radius 3 is 2.96 bits per heavy atom. The van der Waals surface area contributed by atoms with E-state index in [0.717, 1.165) is 43.9 Å². The van der Waals surface area contributed by atoms with Crippen molar-refractivity contribution in [2.75, 3.05) is 33.4 Å². The van der Waals surface area contributed by atoms with Gasteiger partial charge in [-0.25, -0.2) is 0 Å². The minimum Gasteiger partial charge on any atom is -0.486 e. The number of hydrogen-bond donors (Lipinski definition) is 1. The second-order valence-corrected chi connectivity index (χ2v) is 6.74. The number of likely N-dealkylation sites (tertiary alicyclic amines) is 1. The molecule has 1 aliphatic carbocycles. The first-order valence-electron chi connectivity index (χ1n) is 8.62. The van der Waals surface area contributed by atoms with Crippen molar-refractivity contribution in [2.45, 2.75) is 31.2 Å². The fraction of sp³-hybridized carbons (Fsp3) is 0.611. The molecule has 2 fully saturated rings. The summed E-state index contributed by atoms with van der Waals surface area (Å²) < 4.78 is 11.2. The minimum atomic E-state index is 0.148. The van der Waals surface area contributed by atoms with Gasteiger partial charge in [0.25, 0.3) is 0 Å². The number of nitrogens with one attached hydrogen (secondary N) is 1. The van der Waals surface area contributed by atoms with E-state index in [9.17, 15) is 4.79 Å². The van der Waals surface area contributed by atoms with Gasteiger partial charge >= 0.3 is 0 Å². The number of nitrogens with zero attached hydrogens (tertiary/aromatic N) is 1. The Morgan fingerprint density at radius 1 is 1.30 bits per heavy atom. The molecule has 23 heavy (non-hydrogen) atoms. The van der Waals surface area contributed by atoms with Crippen molar-refractivity contribution < 1.29 is 14.3 Å². The zero-order chi connectivity index (χ0) is 15.8. The Bertz CT molecular complexity index is 604. The normalized spacial score (nSPS) is 28.7. The molecule has 0 bridgehead atoms. The maximum absolute atomic E-state index is 12.8. The number of rotatable bonds is 4. The molecule has 1 saturated carbocycles.